The minimum Gasteiger partial charge on any atom is -0.339 e. The number of carbonyl (C=O) groups is 1. The average Bonchev–Trinajstić information content (AvgIpc) is 3.06. The van der Waals surface area contributed by atoms with Crippen LogP contribution in [0.1, 0.15) is 38.0 Å². The minimum atomic E-state index is 0.302. The largest absolute Gasteiger partial charge is 0.339 e. The Labute approximate surface area is 118 Å². The molecule has 18 heavy (non-hydrogen) atoms. The summed E-state index contributed by atoms with van der Waals surface area (Å²) in [6, 6.07) is 4.44. The summed E-state index contributed by atoms with van der Waals surface area (Å²) < 4.78 is 0.804. The van der Waals surface area contributed by atoms with E-state index in [2.05, 4.69) is 18.7 Å². The van der Waals surface area contributed by atoms with Gasteiger partial charge in [0.1, 0.15) is 0 Å². The fourth-order valence-corrected chi connectivity index (χ4v) is 3.18. The number of aryl methyl sites for hydroxylation is 1. The Bertz CT molecular complexity index is 412. The van der Waals surface area contributed by atoms with Gasteiger partial charge in [0.2, 0.25) is 5.91 Å². The summed E-state index contributed by atoms with van der Waals surface area (Å²) in [5.74, 6) is 0.849. The van der Waals surface area contributed by atoms with Gasteiger partial charge in [0.25, 0.3) is 0 Å². The highest BCUT2D eigenvalue weighted by Gasteiger charge is 2.32. The molecule has 0 N–H and O–H groups in total. The van der Waals surface area contributed by atoms with Gasteiger partial charge in [-0.15, -0.1) is 11.3 Å². The molecule has 2 nitrogen and oxygen atoms in total. The summed E-state index contributed by atoms with van der Waals surface area (Å²) in [6.07, 6.45) is 3.80. The number of halogens is 1. The van der Waals surface area contributed by atoms with E-state index < -0.39 is 0 Å². The molecule has 4 heteroatoms. The second-order valence-corrected chi connectivity index (χ2v) is 7.18. The van der Waals surface area contributed by atoms with Crippen molar-refractivity contribution in [2.24, 2.45) is 5.92 Å². The Morgan fingerprint density at radius 2 is 2.22 bits per heavy atom. The summed E-state index contributed by atoms with van der Waals surface area (Å²) in [6.45, 7) is 5.23. The number of carbonyl (C=O) groups excluding carboxylic acids is 1. The molecule has 1 fully saturated rings. The molecule has 0 radical (unpaired) electrons. The highest BCUT2D eigenvalue weighted by atomic mass is 35.5. The number of nitrogens with zero attached hydrogens (tertiary/aromatic N) is 1. The maximum absolute atomic E-state index is 12.2. The summed E-state index contributed by atoms with van der Waals surface area (Å²) in [7, 11) is 0. The van der Waals surface area contributed by atoms with Crippen LogP contribution in [0.15, 0.2) is 12.1 Å². The molecule has 1 aliphatic carbocycles. The average molecular weight is 286 g/mol. The normalized spacial score (nSPS) is 15.1. The summed E-state index contributed by atoms with van der Waals surface area (Å²) in [5.41, 5.74) is 0. The molecular formula is C14H20ClNOS. The fourth-order valence-electron chi connectivity index (χ4n) is 2.09. The highest BCUT2D eigenvalue weighted by Crippen LogP contribution is 2.29. The molecule has 2 rings (SSSR count). The van der Waals surface area contributed by atoms with Crippen LogP contribution in [0.3, 0.4) is 0 Å². The van der Waals surface area contributed by atoms with Crippen molar-refractivity contribution in [3.8, 4) is 0 Å². The van der Waals surface area contributed by atoms with Gasteiger partial charge in [0.15, 0.2) is 0 Å². The van der Waals surface area contributed by atoms with Crippen LogP contribution in [0.5, 0.6) is 0 Å². The van der Waals surface area contributed by atoms with Crippen LogP contribution in [0, 0.1) is 5.92 Å². The smallest absolute Gasteiger partial charge is 0.223 e. The Kier molecular flexibility index (Phi) is 4.68. The van der Waals surface area contributed by atoms with Gasteiger partial charge < -0.3 is 4.90 Å². The third kappa shape index (κ3) is 3.99. The Morgan fingerprint density at radius 1 is 1.50 bits per heavy atom. The predicted octanol–water partition coefficient (Wildman–Crippen LogP) is 3.98. The van der Waals surface area contributed by atoms with E-state index in [0.29, 0.717) is 24.3 Å². The van der Waals surface area contributed by atoms with E-state index >= 15 is 0 Å². The number of rotatable bonds is 6. The second-order valence-electron chi connectivity index (χ2n) is 5.38. The zero-order valence-corrected chi connectivity index (χ0v) is 12.6. The van der Waals surface area contributed by atoms with Crippen molar-refractivity contribution in [3.63, 3.8) is 0 Å². The molecule has 100 valence electrons. The molecule has 0 atom stereocenters. The molecule has 1 amide bonds. The molecule has 1 aromatic rings. The SMILES string of the molecule is CC(C)CN(C(=O)CCc1ccc(Cl)s1)C1CC1. The molecule has 1 aliphatic rings. The van der Waals surface area contributed by atoms with Gasteiger partial charge in [0, 0.05) is 23.9 Å². The molecule has 0 unspecified atom stereocenters. The Hall–Kier alpha value is -0.540. The van der Waals surface area contributed by atoms with E-state index in [9.17, 15) is 4.79 Å². The van der Waals surface area contributed by atoms with Gasteiger partial charge in [0.05, 0.1) is 4.34 Å². The van der Waals surface area contributed by atoms with Crippen LogP contribution in [-0.4, -0.2) is 23.4 Å². The third-order valence-corrected chi connectivity index (χ3v) is 4.37. The first-order valence-corrected chi connectivity index (χ1v) is 7.79. The van der Waals surface area contributed by atoms with Gasteiger partial charge in [-0.3, -0.25) is 4.79 Å². The van der Waals surface area contributed by atoms with Crippen molar-refractivity contribution in [1.82, 2.24) is 4.90 Å². The second kappa shape index (κ2) is 6.07. The lowest BCUT2D eigenvalue weighted by atomic mass is 10.1. The van der Waals surface area contributed by atoms with Gasteiger partial charge in [-0.2, -0.15) is 0 Å². The van der Waals surface area contributed by atoms with Crippen molar-refractivity contribution < 1.29 is 4.79 Å². The lowest BCUT2D eigenvalue weighted by Crippen LogP contribution is -2.36. The van der Waals surface area contributed by atoms with E-state index in [-0.39, 0.29) is 0 Å². The maximum Gasteiger partial charge on any atom is 0.223 e. The zero-order valence-electron chi connectivity index (χ0n) is 11.0. The lowest BCUT2D eigenvalue weighted by Gasteiger charge is -2.24. The van der Waals surface area contributed by atoms with Crippen LogP contribution < -0.4 is 0 Å². The molecule has 0 saturated heterocycles. The quantitative estimate of drug-likeness (QED) is 0.774. The number of hydrogen-bond acceptors (Lipinski definition) is 2. The predicted molar refractivity (Wildman–Crippen MR) is 77.2 cm³/mol. The standard InChI is InChI=1S/C14H20ClNOS/c1-10(2)9-16(11-3-4-11)14(17)8-6-12-5-7-13(15)18-12/h5,7,10-11H,3-4,6,8-9H2,1-2H3. The van der Waals surface area contributed by atoms with Gasteiger partial charge in [-0.25, -0.2) is 0 Å². The van der Waals surface area contributed by atoms with Crippen molar-refractivity contribution >= 4 is 28.8 Å². The van der Waals surface area contributed by atoms with Gasteiger partial charge in [-0.1, -0.05) is 25.4 Å². The van der Waals surface area contributed by atoms with Gasteiger partial charge in [-0.05, 0) is 37.3 Å². The lowest BCUT2D eigenvalue weighted by molar-refractivity contribution is -0.132. The summed E-state index contributed by atoms with van der Waals surface area (Å²) >= 11 is 7.46. The number of hydrogen-bond donors (Lipinski definition) is 0. The van der Waals surface area contributed by atoms with Gasteiger partial charge >= 0.3 is 0 Å². The van der Waals surface area contributed by atoms with Crippen molar-refractivity contribution in [2.75, 3.05) is 6.54 Å². The molecule has 0 aliphatic heterocycles. The first-order chi connectivity index (χ1) is 8.56. The van der Waals surface area contributed by atoms with E-state index in [1.165, 1.54) is 17.7 Å². The first-order valence-electron chi connectivity index (χ1n) is 6.60. The topological polar surface area (TPSA) is 20.3 Å². The first kappa shape index (κ1) is 13.9. The maximum atomic E-state index is 12.2. The monoisotopic (exact) mass is 285 g/mol. The van der Waals surface area contributed by atoms with Crippen LogP contribution in [0.4, 0.5) is 0 Å². The number of amides is 1. The minimum absolute atomic E-state index is 0.302. The third-order valence-electron chi connectivity index (χ3n) is 3.08. The Balaban J connectivity index is 1.85. The summed E-state index contributed by atoms with van der Waals surface area (Å²) in [4.78, 5) is 15.5. The van der Waals surface area contributed by atoms with Crippen LogP contribution >= 0.6 is 22.9 Å². The van der Waals surface area contributed by atoms with Crippen molar-refractivity contribution in [3.05, 3.63) is 21.3 Å². The molecule has 1 aromatic heterocycles. The summed E-state index contributed by atoms with van der Waals surface area (Å²) in [5, 5.41) is 0. The van der Waals surface area contributed by atoms with E-state index in [1.807, 2.05) is 12.1 Å². The number of thiophene rings is 1. The molecule has 1 heterocycles. The molecule has 0 spiro atoms. The van der Waals surface area contributed by atoms with Crippen LogP contribution in [0.25, 0.3) is 0 Å². The van der Waals surface area contributed by atoms with Crippen molar-refractivity contribution in [2.45, 2.75) is 45.6 Å². The van der Waals surface area contributed by atoms with Crippen LogP contribution in [-0.2, 0) is 11.2 Å². The molecule has 0 aromatic carbocycles. The van der Waals surface area contributed by atoms with Crippen molar-refractivity contribution in [1.29, 1.82) is 0 Å². The van der Waals surface area contributed by atoms with E-state index in [1.54, 1.807) is 11.3 Å². The van der Waals surface area contributed by atoms with E-state index in [4.69, 9.17) is 11.6 Å². The molecule has 0 bridgehead atoms. The Morgan fingerprint density at radius 3 is 2.72 bits per heavy atom. The van der Waals surface area contributed by atoms with E-state index in [0.717, 1.165) is 17.3 Å². The zero-order chi connectivity index (χ0) is 13.1. The fraction of sp³-hybridized carbons (Fsp3) is 0.643. The molecular weight excluding hydrogens is 266 g/mol. The van der Waals surface area contributed by atoms with Crippen LogP contribution in [0.2, 0.25) is 4.34 Å². The highest BCUT2D eigenvalue weighted by molar-refractivity contribution is 7.16. The molecule has 1 saturated carbocycles.